The van der Waals surface area contributed by atoms with Crippen LogP contribution in [0.5, 0.6) is 5.88 Å². The third-order valence-electron chi connectivity index (χ3n) is 5.72. The molecule has 0 saturated heterocycles. The SMILES string of the molecule is CCOc1nc(SC)nn2c([C@H](F)[C@H](OCc3ccccc3)[C@@H](COCc3ccccc3)OC)cnc12. The van der Waals surface area contributed by atoms with Gasteiger partial charge in [0.1, 0.15) is 17.9 Å². The van der Waals surface area contributed by atoms with Crippen LogP contribution in [0.2, 0.25) is 0 Å². The molecule has 4 rings (SSSR count). The molecule has 3 atom stereocenters. The van der Waals surface area contributed by atoms with Gasteiger partial charge >= 0.3 is 0 Å². The quantitative estimate of drug-likeness (QED) is 0.211. The number of halogens is 1. The van der Waals surface area contributed by atoms with E-state index in [2.05, 4.69) is 15.1 Å². The Labute approximate surface area is 220 Å². The van der Waals surface area contributed by atoms with Crippen LogP contribution in [0, 0.1) is 0 Å². The second kappa shape index (κ2) is 13.5. The van der Waals surface area contributed by atoms with Gasteiger partial charge in [0.05, 0.1) is 32.6 Å². The smallest absolute Gasteiger partial charge is 0.262 e. The Balaban J connectivity index is 1.61. The third kappa shape index (κ3) is 6.84. The van der Waals surface area contributed by atoms with Crippen LogP contribution in [0.15, 0.2) is 72.0 Å². The maximum Gasteiger partial charge on any atom is 0.262 e. The lowest BCUT2D eigenvalue weighted by atomic mass is 10.1. The van der Waals surface area contributed by atoms with Crippen molar-refractivity contribution in [1.82, 2.24) is 19.6 Å². The Kier molecular flexibility index (Phi) is 9.84. The Hall–Kier alpha value is -3.05. The molecule has 0 fully saturated rings. The highest BCUT2D eigenvalue weighted by Gasteiger charge is 2.35. The fourth-order valence-electron chi connectivity index (χ4n) is 3.84. The summed E-state index contributed by atoms with van der Waals surface area (Å²) in [7, 11) is 1.53. The number of imidazole rings is 1. The van der Waals surface area contributed by atoms with E-state index in [1.54, 1.807) is 0 Å². The topological polar surface area (TPSA) is 80.0 Å². The number of fused-ring (bicyclic) bond motifs is 1. The van der Waals surface area contributed by atoms with Crippen molar-refractivity contribution < 1.29 is 23.3 Å². The van der Waals surface area contributed by atoms with E-state index in [0.717, 1.165) is 11.1 Å². The number of ether oxygens (including phenoxy) is 4. The zero-order chi connectivity index (χ0) is 26.0. The second-order valence-corrected chi connectivity index (χ2v) is 8.97. The summed E-state index contributed by atoms with van der Waals surface area (Å²) in [6, 6.07) is 19.4. The van der Waals surface area contributed by atoms with Gasteiger partial charge in [-0.3, -0.25) is 0 Å². The van der Waals surface area contributed by atoms with Crippen LogP contribution in [0.4, 0.5) is 4.39 Å². The summed E-state index contributed by atoms with van der Waals surface area (Å²) in [4.78, 5) is 8.73. The minimum Gasteiger partial charge on any atom is -0.475 e. The average molecular weight is 527 g/mol. The lowest BCUT2D eigenvalue weighted by molar-refractivity contribution is -0.125. The molecular formula is C27H31FN4O4S. The monoisotopic (exact) mass is 526 g/mol. The molecular weight excluding hydrogens is 495 g/mol. The predicted molar refractivity (Wildman–Crippen MR) is 139 cm³/mol. The Morgan fingerprint density at radius 1 is 1.00 bits per heavy atom. The molecule has 0 amide bonds. The van der Waals surface area contributed by atoms with Gasteiger partial charge in [0.2, 0.25) is 10.8 Å². The van der Waals surface area contributed by atoms with Crippen LogP contribution in [0.1, 0.15) is 29.9 Å². The average Bonchev–Trinajstić information content (AvgIpc) is 3.37. The van der Waals surface area contributed by atoms with E-state index < -0.39 is 18.4 Å². The van der Waals surface area contributed by atoms with Crippen LogP contribution in [-0.2, 0) is 27.4 Å². The molecule has 0 saturated carbocycles. The molecule has 0 spiro atoms. The minimum atomic E-state index is -1.62. The first-order valence-electron chi connectivity index (χ1n) is 12.0. The second-order valence-electron chi connectivity index (χ2n) is 8.19. The van der Waals surface area contributed by atoms with Crippen molar-refractivity contribution in [2.45, 2.75) is 43.7 Å². The van der Waals surface area contributed by atoms with Crippen LogP contribution in [0.25, 0.3) is 5.65 Å². The number of thioether (sulfide) groups is 1. The largest absolute Gasteiger partial charge is 0.475 e. The van der Waals surface area contributed by atoms with Crippen molar-refractivity contribution in [1.29, 1.82) is 0 Å². The molecule has 0 unspecified atom stereocenters. The van der Waals surface area contributed by atoms with Crippen LogP contribution >= 0.6 is 11.8 Å². The van der Waals surface area contributed by atoms with Crippen molar-refractivity contribution in [3.63, 3.8) is 0 Å². The Bertz CT molecular complexity index is 1250. The lowest BCUT2D eigenvalue weighted by Gasteiger charge is -2.28. The molecule has 0 radical (unpaired) electrons. The van der Waals surface area contributed by atoms with Gasteiger partial charge in [-0.1, -0.05) is 72.4 Å². The van der Waals surface area contributed by atoms with E-state index in [1.165, 1.54) is 29.6 Å². The van der Waals surface area contributed by atoms with E-state index in [9.17, 15) is 0 Å². The molecule has 10 heteroatoms. The highest BCUT2D eigenvalue weighted by molar-refractivity contribution is 7.98. The van der Waals surface area contributed by atoms with E-state index in [1.807, 2.05) is 73.8 Å². The summed E-state index contributed by atoms with van der Waals surface area (Å²) in [5.41, 5.74) is 2.50. The molecule has 37 heavy (non-hydrogen) atoms. The molecule has 0 aliphatic rings. The van der Waals surface area contributed by atoms with Crippen LogP contribution in [-0.4, -0.2) is 58.4 Å². The lowest BCUT2D eigenvalue weighted by Crippen LogP contribution is -2.38. The molecule has 0 N–H and O–H groups in total. The molecule has 2 aromatic carbocycles. The molecule has 196 valence electrons. The molecule has 8 nitrogen and oxygen atoms in total. The highest BCUT2D eigenvalue weighted by atomic mass is 32.2. The van der Waals surface area contributed by atoms with E-state index >= 15 is 4.39 Å². The van der Waals surface area contributed by atoms with Gasteiger partial charge in [-0.05, 0) is 24.3 Å². The standard InChI is InChI=1S/C27H31FN4O4S/c1-4-35-26-25-29-15-21(32(25)31-27(30-26)37-3)23(28)24(36-17-20-13-9-6-10-14-20)22(33-2)18-34-16-19-11-7-5-8-12-19/h5-15,22-24H,4,16-18H2,1-3H3/t22-,23+,24-/m1/s1. The Morgan fingerprint density at radius 2 is 1.68 bits per heavy atom. The van der Waals surface area contributed by atoms with Crippen molar-refractivity contribution in [3.05, 3.63) is 83.7 Å². The van der Waals surface area contributed by atoms with Crippen molar-refractivity contribution in [2.24, 2.45) is 0 Å². The summed E-state index contributed by atoms with van der Waals surface area (Å²) in [5.74, 6) is 0.302. The third-order valence-corrected chi connectivity index (χ3v) is 6.26. The molecule has 0 bridgehead atoms. The van der Waals surface area contributed by atoms with Crippen LogP contribution < -0.4 is 4.74 Å². The van der Waals surface area contributed by atoms with Gasteiger partial charge in [-0.2, -0.15) is 4.98 Å². The number of alkyl halides is 1. The van der Waals surface area contributed by atoms with E-state index in [4.69, 9.17) is 18.9 Å². The van der Waals surface area contributed by atoms with Gasteiger partial charge in [0.25, 0.3) is 5.88 Å². The van der Waals surface area contributed by atoms with Crippen molar-refractivity contribution in [2.75, 3.05) is 26.6 Å². The van der Waals surface area contributed by atoms with Crippen LogP contribution in [0.3, 0.4) is 0 Å². The summed E-state index contributed by atoms with van der Waals surface area (Å²) < 4.78 is 41.2. The summed E-state index contributed by atoms with van der Waals surface area (Å²) in [6.07, 6.45) is -0.0250. The maximum atomic E-state index is 16.4. The maximum absolute atomic E-state index is 16.4. The van der Waals surface area contributed by atoms with Crippen molar-refractivity contribution >= 4 is 17.4 Å². The molecule has 0 aliphatic carbocycles. The number of aromatic nitrogens is 4. The van der Waals surface area contributed by atoms with Crippen molar-refractivity contribution in [3.8, 4) is 5.88 Å². The molecule has 2 heterocycles. The van der Waals surface area contributed by atoms with Gasteiger partial charge in [0, 0.05) is 7.11 Å². The summed E-state index contributed by atoms with van der Waals surface area (Å²) >= 11 is 1.33. The fourth-order valence-corrected chi connectivity index (χ4v) is 4.18. The zero-order valence-electron chi connectivity index (χ0n) is 21.1. The number of nitrogens with zero attached hydrogens (tertiary/aromatic N) is 4. The number of hydrogen-bond acceptors (Lipinski definition) is 8. The number of benzene rings is 2. The van der Waals surface area contributed by atoms with E-state index in [-0.39, 0.29) is 18.9 Å². The molecule has 4 aromatic rings. The van der Waals surface area contributed by atoms with E-state index in [0.29, 0.717) is 29.9 Å². The first-order valence-corrected chi connectivity index (χ1v) is 13.2. The Morgan fingerprint density at radius 3 is 2.30 bits per heavy atom. The predicted octanol–water partition coefficient (Wildman–Crippen LogP) is 5.07. The molecule has 2 aromatic heterocycles. The molecule has 0 aliphatic heterocycles. The van der Waals surface area contributed by atoms with Gasteiger partial charge in [-0.15, -0.1) is 5.10 Å². The van der Waals surface area contributed by atoms with Gasteiger partial charge in [0.15, 0.2) is 6.17 Å². The number of rotatable bonds is 14. The highest BCUT2D eigenvalue weighted by Crippen LogP contribution is 2.31. The number of methoxy groups -OCH3 is 1. The first-order chi connectivity index (χ1) is 18.1. The van der Waals surface area contributed by atoms with Gasteiger partial charge in [-0.25, -0.2) is 13.9 Å². The normalized spacial score (nSPS) is 13.9. The number of hydrogen-bond donors (Lipinski definition) is 0. The van der Waals surface area contributed by atoms with Gasteiger partial charge < -0.3 is 18.9 Å². The fraction of sp³-hybridized carbons (Fsp3) is 0.370. The first kappa shape index (κ1) is 27.0. The summed E-state index contributed by atoms with van der Waals surface area (Å²) in [5, 5.41) is 4.91. The zero-order valence-corrected chi connectivity index (χ0v) is 21.9. The minimum absolute atomic E-state index is 0.136. The summed E-state index contributed by atoms with van der Waals surface area (Å²) in [6.45, 7) is 2.97.